The van der Waals surface area contributed by atoms with Gasteiger partial charge in [-0.2, -0.15) is 0 Å². The minimum atomic E-state index is -0.369. The zero-order chi connectivity index (χ0) is 15.4. The number of hydrogen-bond donors (Lipinski definition) is 1. The highest BCUT2D eigenvalue weighted by Crippen LogP contribution is 2.24. The minimum Gasteiger partial charge on any atom is -0.306 e. The van der Waals surface area contributed by atoms with Gasteiger partial charge in [0.1, 0.15) is 0 Å². The Balaban J connectivity index is 2.11. The number of nitro benzene ring substituents is 1. The number of hydrogen-bond acceptors (Lipinski definition) is 3. The van der Waals surface area contributed by atoms with Gasteiger partial charge in [0.15, 0.2) is 0 Å². The van der Waals surface area contributed by atoms with E-state index in [2.05, 4.69) is 21.2 Å². The molecule has 0 fully saturated rings. The fourth-order valence-corrected chi connectivity index (χ4v) is 2.56. The van der Waals surface area contributed by atoms with Crippen molar-refractivity contribution in [1.29, 1.82) is 0 Å². The molecule has 0 radical (unpaired) electrons. The quantitative estimate of drug-likeness (QED) is 0.605. The number of nitrogens with zero attached hydrogens (tertiary/aromatic N) is 1. The van der Waals surface area contributed by atoms with Crippen molar-refractivity contribution >= 4 is 33.2 Å². The fraction of sp³-hybridized carbons (Fsp3) is 0.200. The summed E-state index contributed by atoms with van der Waals surface area (Å²) in [5, 5.41) is 15.0. The standard InChI is InChI=1S/C15H14BrClN2O2/c1-10(11-3-2-4-14(17)7-11)18-9-12-5-6-13(16)8-15(12)19(20)21/h2-8,10,18H,9H2,1H3. The Labute approximate surface area is 136 Å². The van der Waals surface area contributed by atoms with E-state index in [9.17, 15) is 10.1 Å². The summed E-state index contributed by atoms with van der Waals surface area (Å²) in [6, 6.07) is 12.7. The maximum Gasteiger partial charge on any atom is 0.275 e. The number of nitrogens with one attached hydrogen (secondary N) is 1. The number of nitro groups is 1. The van der Waals surface area contributed by atoms with Crippen LogP contribution in [0.2, 0.25) is 5.02 Å². The van der Waals surface area contributed by atoms with Crippen molar-refractivity contribution in [2.45, 2.75) is 19.5 Å². The Morgan fingerprint density at radius 3 is 2.76 bits per heavy atom. The first-order chi connectivity index (χ1) is 9.97. The monoisotopic (exact) mass is 368 g/mol. The van der Waals surface area contributed by atoms with Crippen LogP contribution >= 0.6 is 27.5 Å². The molecule has 0 saturated heterocycles. The third-order valence-electron chi connectivity index (χ3n) is 3.19. The lowest BCUT2D eigenvalue weighted by Crippen LogP contribution is -2.18. The maximum absolute atomic E-state index is 11.1. The van der Waals surface area contributed by atoms with Gasteiger partial charge in [-0.1, -0.05) is 39.7 Å². The Kier molecular flexibility index (Phi) is 5.33. The van der Waals surface area contributed by atoms with Crippen LogP contribution in [0, 0.1) is 10.1 Å². The van der Waals surface area contributed by atoms with Crippen molar-refractivity contribution in [1.82, 2.24) is 5.32 Å². The van der Waals surface area contributed by atoms with Crippen LogP contribution in [-0.2, 0) is 6.54 Å². The van der Waals surface area contributed by atoms with Crippen molar-refractivity contribution in [2.75, 3.05) is 0 Å². The molecule has 1 atom stereocenters. The highest BCUT2D eigenvalue weighted by molar-refractivity contribution is 9.10. The first-order valence-corrected chi connectivity index (χ1v) is 7.56. The summed E-state index contributed by atoms with van der Waals surface area (Å²) in [7, 11) is 0. The largest absolute Gasteiger partial charge is 0.306 e. The number of rotatable bonds is 5. The average molecular weight is 370 g/mol. The van der Waals surface area contributed by atoms with Crippen LogP contribution in [0.1, 0.15) is 24.1 Å². The molecule has 2 rings (SSSR count). The molecule has 4 nitrogen and oxygen atoms in total. The molecule has 2 aromatic rings. The van der Waals surface area contributed by atoms with Gasteiger partial charge in [-0.05, 0) is 36.8 Å². The molecule has 1 unspecified atom stereocenters. The summed E-state index contributed by atoms with van der Waals surface area (Å²) >= 11 is 9.22. The van der Waals surface area contributed by atoms with Crippen molar-refractivity contribution in [3.05, 3.63) is 73.2 Å². The summed E-state index contributed by atoms with van der Waals surface area (Å²) in [5.74, 6) is 0. The third kappa shape index (κ3) is 4.27. The lowest BCUT2D eigenvalue weighted by molar-refractivity contribution is -0.385. The molecule has 0 amide bonds. The van der Waals surface area contributed by atoms with Crippen LogP contribution < -0.4 is 5.32 Å². The molecule has 2 aromatic carbocycles. The fourth-order valence-electron chi connectivity index (χ4n) is 2.01. The highest BCUT2D eigenvalue weighted by Gasteiger charge is 2.15. The maximum atomic E-state index is 11.1. The Bertz CT molecular complexity index is 664. The zero-order valence-electron chi connectivity index (χ0n) is 11.3. The number of benzene rings is 2. The van der Waals surface area contributed by atoms with E-state index in [-0.39, 0.29) is 16.7 Å². The van der Waals surface area contributed by atoms with Gasteiger partial charge in [0, 0.05) is 33.7 Å². The lowest BCUT2D eigenvalue weighted by Gasteiger charge is -2.14. The SMILES string of the molecule is CC(NCc1ccc(Br)cc1[N+](=O)[O-])c1cccc(Cl)c1. The van der Waals surface area contributed by atoms with E-state index in [4.69, 9.17) is 11.6 Å². The van der Waals surface area contributed by atoms with Gasteiger partial charge in [-0.3, -0.25) is 10.1 Å². The lowest BCUT2D eigenvalue weighted by atomic mass is 10.1. The van der Waals surface area contributed by atoms with E-state index < -0.39 is 0 Å². The summed E-state index contributed by atoms with van der Waals surface area (Å²) in [4.78, 5) is 10.7. The predicted molar refractivity (Wildman–Crippen MR) is 87.5 cm³/mol. The first kappa shape index (κ1) is 15.9. The van der Waals surface area contributed by atoms with E-state index >= 15 is 0 Å². The van der Waals surface area contributed by atoms with Crippen LogP contribution in [-0.4, -0.2) is 4.92 Å². The summed E-state index contributed by atoms with van der Waals surface area (Å²) in [6.45, 7) is 2.41. The Hall–Kier alpha value is -1.43. The second-order valence-electron chi connectivity index (χ2n) is 4.69. The van der Waals surface area contributed by atoms with Gasteiger partial charge < -0.3 is 5.32 Å². The van der Waals surface area contributed by atoms with Crippen molar-refractivity contribution < 1.29 is 4.92 Å². The van der Waals surface area contributed by atoms with Crippen LogP contribution in [0.3, 0.4) is 0 Å². The molecule has 0 heterocycles. The number of halogens is 2. The van der Waals surface area contributed by atoms with E-state index in [0.717, 1.165) is 5.56 Å². The van der Waals surface area contributed by atoms with Crippen LogP contribution in [0.15, 0.2) is 46.9 Å². The molecular weight excluding hydrogens is 356 g/mol. The van der Waals surface area contributed by atoms with Gasteiger partial charge in [-0.15, -0.1) is 0 Å². The predicted octanol–water partition coefficient (Wildman–Crippen LogP) is 4.86. The molecule has 0 bridgehead atoms. The molecule has 0 aliphatic rings. The van der Waals surface area contributed by atoms with Crippen LogP contribution in [0.5, 0.6) is 0 Å². The van der Waals surface area contributed by atoms with Gasteiger partial charge in [0.05, 0.1) is 4.92 Å². The molecule has 0 aromatic heterocycles. The second-order valence-corrected chi connectivity index (χ2v) is 6.04. The molecule has 1 N–H and O–H groups in total. The van der Waals surface area contributed by atoms with E-state index in [0.29, 0.717) is 21.6 Å². The molecule has 110 valence electrons. The summed E-state index contributed by atoms with van der Waals surface area (Å²) < 4.78 is 0.695. The van der Waals surface area contributed by atoms with Crippen LogP contribution in [0.25, 0.3) is 0 Å². The third-order valence-corrected chi connectivity index (χ3v) is 3.92. The second kappa shape index (κ2) is 7.02. The first-order valence-electron chi connectivity index (χ1n) is 6.39. The van der Waals surface area contributed by atoms with Crippen molar-refractivity contribution in [3.8, 4) is 0 Å². The van der Waals surface area contributed by atoms with E-state index in [1.165, 1.54) is 6.07 Å². The van der Waals surface area contributed by atoms with Crippen molar-refractivity contribution in [2.24, 2.45) is 0 Å². The van der Waals surface area contributed by atoms with Crippen LogP contribution in [0.4, 0.5) is 5.69 Å². The Morgan fingerprint density at radius 2 is 2.10 bits per heavy atom. The van der Waals surface area contributed by atoms with Gasteiger partial charge in [0.2, 0.25) is 0 Å². The minimum absolute atomic E-state index is 0.0481. The van der Waals surface area contributed by atoms with Gasteiger partial charge in [-0.25, -0.2) is 0 Å². The van der Waals surface area contributed by atoms with E-state index in [1.807, 2.05) is 31.2 Å². The van der Waals surface area contributed by atoms with Crippen molar-refractivity contribution in [3.63, 3.8) is 0 Å². The van der Waals surface area contributed by atoms with Gasteiger partial charge in [0.25, 0.3) is 5.69 Å². The normalized spacial score (nSPS) is 12.1. The molecule has 0 saturated carbocycles. The smallest absolute Gasteiger partial charge is 0.275 e. The molecule has 0 spiro atoms. The van der Waals surface area contributed by atoms with E-state index in [1.54, 1.807) is 12.1 Å². The molecule has 0 aliphatic carbocycles. The average Bonchev–Trinajstić information content (AvgIpc) is 2.45. The Morgan fingerprint density at radius 1 is 1.33 bits per heavy atom. The summed E-state index contributed by atoms with van der Waals surface area (Å²) in [5.41, 5.74) is 1.80. The van der Waals surface area contributed by atoms with Gasteiger partial charge >= 0.3 is 0 Å². The summed E-state index contributed by atoms with van der Waals surface area (Å²) in [6.07, 6.45) is 0. The molecule has 21 heavy (non-hydrogen) atoms. The molecule has 0 aliphatic heterocycles. The molecule has 6 heteroatoms. The highest BCUT2D eigenvalue weighted by atomic mass is 79.9. The molecular formula is C15H14BrClN2O2. The topological polar surface area (TPSA) is 55.2 Å². The zero-order valence-corrected chi connectivity index (χ0v) is 13.7.